The van der Waals surface area contributed by atoms with Gasteiger partial charge in [0.05, 0.1) is 20.7 Å². The van der Waals surface area contributed by atoms with Crippen LogP contribution in [0.5, 0.6) is 0 Å². The van der Waals surface area contributed by atoms with Crippen LogP contribution in [-0.2, 0) is 5.41 Å². The van der Waals surface area contributed by atoms with Gasteiger partial charge < -0.3 is 9.80 Å². The van der Waals surface area contributed by atoms with Crippen molar-refractivity contribution in [1.29, 1.82) is 0 Å². The topological polar surface area (TPSA) is 6.48 Å². The van der Waals surface area contributed by atoms with E-state index in [1.807, 2.05) is 72.8 Å². The third-order valence-corrected chi connectivity index (χ3v) is 14.3. The molecule has 0 fully saturated rings. The minimum Gasteiger partial charge on any atom is -0.310 e. The van der Waals surface area contributed by atoms with E-state index in [0.29, 0.717) is 0 Å². The zero-order valence-corrected chi connectivity index (χ0v) is 36.3. The fourth-order valence-corrected chi connectivity index (χ4v) is 11.5. The van der Waals surface area contributed by atoms with Crippen LogP contribution in [0.1, 0.15) is 31.8 Å². The number of nitrogens with zero attached hydrogens (tertiary/aromatic N) is 2. The van der Waals surface area contributed by atoms with Gasteiger partial charge in [0.1, 0.15) is 0 Å². The van der Waals surface area contributed by atoms with E-state index in [1.54, 1.807) is 11.3 Å². The average molecular weight is 866 g/mol. The lowest BCUT2D eigenvalue weighted by Gasteiger charge is -2.35. The maximum absolute atomic E-state index is 10.2. The number of para-hydroxylation sites is 3. The van der Waals surface area contributed by atoms with E-state index >= 15 is 0 Å². The zero-order valence-electron chi connectivity index (χ0n) is 42.5. The zero-order chi connectivity index (χ0) is 49.7. The van der Waals surface area contributed by atoms with Gasteiger partial charge in [-0.05, 0) is 134 Å². The van der Waals surface area contributed by atoms with Crippen LogP contribution in [0.15, 0.2) is 255 Å². The second-order valence-corrected chi connectivity index (χ2v) is 17.8. The predicted octanol–water partition coefficient (Wildman–Crippen LogP) is 17.7. The fourth-order valence-electron chi connectivity index (χ4n) is 10.4. The molecular formula is C63H42N2S. The fraction of sp³-hybridized carbons (Fsp3) is 0.0159. The van der Waals surface area contributed by atoms with Crippen LogP contribution >= 0.6 is 11.3 Å². The van der Waals surface area contributed by atoms with Gasteiger partial charge in [-0.25, -0.2) is 0 Å². The van der Waals surface area contributed by atoms with Crippen LogP contribution in [0.3, 0.4) is 0 Å². The van der Waals surface area contributed by atoms with Gasteiger partial charge in [0.15, 0.2) is 0 Å². The first kappa shape index (κ1) is 31.6. The summed E-state index contributed by atoms with van der Waals surface area (Å²) < 4.78 is 68.2. The number of hydrogen-bond acceptors (Lipinski definition) is 3. The molecule has 66 heavy (non-hydrogen) atoms. The van der Waals surface area contributed by atoms with Crippen molar-refractivity contribution >= 4 is 87.2 Å². The van der Waals surface area contributed by atoms with E-state index < -0.39 is 35.6 Å². The smallest absolute Gasteiger partial charge is 0.0719 e. The molecule has 0 N–H and O–H groups in total. The van der Waals surface area contributed by atoms with Crippen molar-refractivity contribution in [3.8, 4) is 11.1 Å². The number of hydrogen-bond donors (Lipinski definition) is 0. The molecule has 1 heterocycles. The molecule has 0 spiro atoms. The van der Waals surface area contributed by atoms with Gasteiger partial charge in [0.25, 0.3) is 0 Å². The van der Waals surface area contributed by atoms with Gasteiger partial charge in [-0.1, -0.05) is 170 Å². The standard InChI is InChI=1S/C63H42N2S/c1-4-22-46(23-5-1)64(47-24-6-2-7-25-47)49-35-37-58-54(41-49)55-42-50(65(48-26-8-3-9-27-48)60-32-17-21-44-19-11-13-29-52(44)60)36-38-59(55)63(58,57-31-16-20-43-18-10-12-28-51(43)57)45-34-39-62-56(40-45)53-30-14-15-33-61(53)66-62/h1-42H/i10D,12D,16D,18D,20D,28D,31D. The van der Waals surface area contributed by atoms with Crippen LogP contribution in [0.2, 0.25) is 0 Å². The largest absolute Gasteiger partial charge is 0.310 e. The molecule has 0 bridgehead atoms. The summed E-state index contributed by atoms with van der Waals surface area (Å²) in [6, 6.07) is 70.1. The van der Waals surface area contributed by atoms with E-state index in [9.17, 15) is 6.85 Å². The van der Waals surface area contributed by atoms with E-state index in [-0.39, 0.29) is 28.4 Å². The summed E-state index contributed by atoms with van der Waals surface area (Å²) in [5, 5.41) is 4.21. The highest BCUT2D eigenvalue weighted by molar-refractivity contribution is 7.25. The second kappa shape index (κ2) is 15.5. The molecule has 0 amide bonds. The summed E-state index contributed by atoms with van der Waals surface area (Å²) >= 11 is 1.70. The van der Waals surface area contributed by atoms with Gasteiger partial charge in [-0.15, -0.1) is 11.3 Å². The molecule has 1 aliphatic rings. The third kappa shape index (κ3) is 5.94. The molecule has 3 heteroatoms. The monoisotopic (exact) mass is 865 g/mol. The summed E-state index contributed by atoms with van der Waals surface area (Å²) in [6.07, 6.45) is 0. The van der Waals surface area contributed by atoms with E-state index in [0.717, 1.165) is 92.9 Å². The highest BCUT2D eigenvalue weighted by atomic mass is 32.1. The van der Waals surface area contributed by atoms with Crippen LogP contribution in [-0.4, -0.2) is 0 Å². The molecule has 0 saturated heterocycles. The van der Waals surface area contributed by atoms with Crippen molar-refractivity contribution in [2.45, 2.75) is 5.41 Å². The SMILES string of the molecule is [2H]c1c([2H])c([2H])c2c(C3(c4ccc5sc6ccccc6c5c4)c4ccc(N(c5ccccc5)c5ccccc5)cc4-c4cc(N(c5ccccc5)c5cccc6ccccc56)ccc43)c([2H])c([2H])c([2H])c2c1[2H]. The summed E-state index contributed by atoms with van der Waals surface area (Å²) in [5.74, 6) is 0. The summed E-state index contributed by atoms with van der Waals surface area (Å²) in [4.78, 5) is 4.49. The average Bonchev–Trinajstić information content (AvgIpc) is 3.96. The predicted molar refractivity (Wildman–Crippen MR) is 281 cm³/mol. The number of anilines is 6. The van der Waals surface area contributed by atoms with Crippen molar-refractivity contribution in [2.24, 2.45) is 0 Å². The lowest BCUT2D eigenvalue weighted by atomic mass is 9.66. The number of fused-ring (bicyclic) bond motifs is 8. The normalized spacial score (nSPS) is 15.6. The summed E-state index contributed by atoms with van der Waals surface area (Å²) in [6.45, 7) is 0. The maximum Gasteiger partial charge on any atom is 0.0719 e. The number of thiophene rings is 1. The minimum absolute atomic E-state index is 0.0519. The molecule has 1 aliphatic carbocycles. The molecule has 1 aromatic heterocycles. The van der Waals surface area contributed by atoms with Gasteiger partial charge >= 0.3 is 0 Å². The summed E-state index contributed by atoms with van der Waals surface area (Å²) in [5.41, 5.74) is 8.36. The van der Waals surface area contributed by atoms with Crippen LogP contribution in [0.25, 0.3) is 52.8 Å². The highest BCUT2D eigenvalue weighted by Crippen LogP contribution is 2.60. The Kier molecular flexibility index (Phi) is 7.41. The van der Waals surface area contributed by atoms with Gasteiger partial charge in [-0.3, -0.25) is 0 Å². The Hall–Kier alpha value is -8.24. The molecular weight excluding hydrogens is 817 g/mol. The molecule has 11 aromatic carbocycles. The van der Waals surface area contributed by atoms with Crippen LogP contribution in [0, 0.1) is 0 Å². The first-order valence-electron chi connectivity index (χ1n) is 25.6. The minimum atomic E-state index is -1.46. The molecule has 2 nitrogen and oxygen atoms in total. The second-order valence-electron chi connectivity index (χ2n) is 16.7. The van der Waals surface area contributed by atoms with Gasteiger partial charge in [0, 0.05) is 54.0 Å². The Balaban J connectivity index is 1.21. The van der Waals surface area contributed by atoms with Crippen molar-refractivity contribution in [3.05, 3.63) is 277 Å². The molecule has 12 aromatic rings. The number of rotatable bonds is 8. The van der Waals surface area contributed by atoms with Crippen molar-refractivity contribution in [1.82, 2.24) is 0 Å². The van der Waals surface area contributed by atoms with Crippen LogP contribution < -0.4 is 9.80 Å². The molecule has 0 aliphatic heterocycles. The molecule has 0 radical (unpaired) electrons. The number of benzene rings is 11. The first-order valence-corrected chi connectivity index (χ1v) is 22.9. The Labute approximate surface area is 398 Å². The maximum atomic E-state index is 10.2. The molecule has 13 rings (SSSR count). The third-order valence-electron chi connectivity index (χ3n) is 13.2. The Morgan fingerprint density at radius 2 is 0.909 bits per heavy atom. The highest BCUT2D eigenvalue weighted by Gasteiger charge is 2.47. The lowest BCUT2D eigenvalue weighted by molar-refractivity contribution is 0.778. The Bertz CT molecular complexity index is 4150. The lowest BCUT2D eigenvalue weighted by Crippen LogP contribution is -2.29. The Morgan fingerprint density at radius 3 is 1.62 bits per heavy atom. The van der Waals surface area contributed by atoms with Crippen molar-refractivity contribution < 1.29 is 9.60 Å². The molecule has 0 saturated carbocycles. The van der Waals surface area contributed by atoms with E-state index in [4.69, 9.17) is 2.74 Å². The van der Waals surface area contributed by atoms with Crippen LogP contribution in [0.4, 0.5) is 34.1 Å². The first-order chi connectivity index (χ1) is 35.6. The van der Waals surface area contributed by atoms with Gasteiger partial charge in [0.2, 0.25) is 0 Å². The van der Waals surface area contributed by atoms with E-state index in [2.05, 4.69) is 149 Å². The molecule has 1 unspecified atom stereocenters. The molecule has 1 atom stereocenters. The van der Waals surface area contributed by atoms with Gasteiger partial charge in [-0.2, -0.15) is 0 Å². The van der Waals surface area contributed by atoms with Crippen molar-refractivity contribution in [3.63, 3.8) is 0 Å². The summed E-state index contributed by atoms with van der Waals surface area (Å²) in [7, 11) is 0. The Morgan fingerprint density at radius 1 is 0.348 bits per heavy atom. The quantitative estimate of drug-likeness (QED) is 0.150. The van der Waals surface area contributed by atoms with E-state index in [1.165, 1.54) is 0 Å². The van der Waals surface area contributed by atoms with Crippen molar-refractivity contribution in [2.75, 3.05) is 9.80 Å². The molecule has 310 valence electrons.